The van der Waals surface area contributed by atoms with E-state index in [-0.39, 0.29) is 17.8 Å². The fraction of sp³-hybridized carbons (Fsp3) is 0.438. The number of aryl methyl sites for hydroxylation is 1. The molecule has 0 N–H and O–H groups in total. The van der Waals surface area contributed by atoms with E-state index < -0.39 is 5.76 Å². The molecule has 0 aliphatic carbocycles. The number of nitrogens with zero attached hydrogens (tertiary/aromatic N) is 2. The Bertz CT molecular complexity index is 753. The van der Waals surface area contributed by atoms with Crippen molar-refractivity contribution < 1.29 is 8.98 Å². The normalized spacial score (nSPS) is 11.4. The van der Waals surface area contributed by atoms with Crippen molar-refractivity contribution in [1.29, 1.82) is 0 Å². The Morgan fingerprint density at radius 3 is 2.10 bits per heavy atom. The summed E-state index contributed by atoms with van der Waals surface area (Å²) in [6.07, 6.45) is 0. The van der Waals surface area contributed by atoms with Gasteiger partial charge in [0.25, 0.3) is 0 Å². The van der Waals surface area contributed by atoms with Crippen molar-refractivity contribution in [3.05, 3.63) is 50.9 Å². The molecule has 0 spiro atoms. The standard InChI is InChI=1S/C16H21N2O3/c1-10(2)17-14(13-8-6-12(5)7-9-13)21-16(20)18(11(3)4)15(17)19/h6-11H,1-5H3/q+1. The van der Waals surface area contributed by atoms with E-state index in [1.165, 1.54) is 4.57 Å². The van der Waals surface area contributed by atoms with E-state index in [0.717, 1.165) is 15.7 Å². The lowest BCUT2D eigenvalue weighted by Crippen LogP contribution is -2.60. The zero-order valence-corrected chi connectivity index (χ0v) is 13.1. The first-order valence-corrected chi connectivity index (χ1v) is 7.11. The second-order valence-corrected chi connectivity index (χ2v) is 5.75. The molecule has 1 aromatic heterocycles. The van der Waals surface area contributed by atoms with Crippen LogP contribution in [0, 0.1) is 6.92 Å². The maximum atomic E-state index is 12.6. The van der Waals surface area contributed by atoms with Crippen LogP contribution in [0.25, 0.3) is 11.5 Å². The summed E-state index contributed by atoms with van der Waals surface area (Å²) in [7, 11) is 0. The van der Waals surface area contributed by atoms with Gasteiger partial charge >= 0.3 is 17.3 Å². The molecule has 0 radical (unpaired) electrons. The molecule has 1 heterocycles. The topological polar surface area (TPSA) is 56.1 Å². The van der Waals surface area contributed by atoms with Gasteiger partial charge < -0.3 is 4.42 Å². The summed E-state index contributed by atoms with van der Waals surface area (Å²) in [4.78, 5) is 24.7. The van der Waals surface area contributed by atoms with Gasteiger partial charge in [-0.05, 0) is 46.8 Å². The van der Waals surface area contributed by atoms with Gasteiger partial charge in [0.15, 0.2) is 0 Å². The molecular formula is C16H21N2O3+. The van der Waals surface area contributed by atoms with Gasteiger partial charge in [0.2, 0.25) is 0 Å². The molecule has 0 saturated heterocycles. The van der Waals surface area contributed by atoms with Gasteiger partial charge in [-0.2, -0.15) is 14.2 Å². The van der Waals surface area contributed by atoms with Crippen LogP contribution in [0.2, 0.25) is 0 Å². The summed E-state index contributed by atoms with van der Waals surface area (Å²) in [6.45, 7) is 9.34. The van der Waals surface area contributed by atoms with Gasteiger partial charge in [-0.3, -0.25) is 0 Å². The number of hydrogen-bond donors (Lipinski definition) is 0. The zero-order chi connectivity index (χ0) is 15.7. The lowest BCUT2D eigenvalue weighted by molar-refractivity contribution is -0.733. The molecule has 0 bridgehead atoms. The molecule has 21 heavy (non-hydrogen) atoms. The Labute approximate surface area is 123 Å². The van der Waals surface area contributed by atoms with Crippen molar-refractivity contribution >= 4 is 0 Å². The maximum Gasteiger partial charge on any atom is 0.518 e. The smallest absolute Gasteiger partial charge is 0.353 e. The second-order valence-electron chi connectivity index (χ2n) is 5.75. The summed E-state index contributed by atoms with van der Waals surface area (Å²) in [5.74, 6) is -0.320. The first-order valence-electron chi connectivity index (χ1n) is 7.11. The van der Waals surface area contributed by atoms with Gasteiger partial charge in [-0.15, -0.1) is 4.57 Å². The third-order valence-electron chi connectivity index (χ3n) is 3.34. The summed E-state index contributed by atoms with van der Waals surface area (Å²) in [5, 5.41) is 0. The van der Waals surface area contributed by atoms with Crippen LogP contribution in [0.15, 0.2) is 38.3 Å². The fourth-order valence-corrected chi connectivity index (χ4v) is 2.24. The average Bonchev–Trinajstić information content (AvgIpc) is 2.37. The highest BCUT2D eigenvalue weighted by Crippen LogP contribution is 2.15. The van der Waals surface area contributed by atoms with Crippen molar-refractivity contribution in [1.82, 2.24) is 4.57 Å². The molecular weight excluding hydrogens is 268 g/mol. The Morgan fingerprint density at radius 1 is 1.05 bits per heavy atom. The molecule has 0 atom stereocenters. The molecule has 0 saturated carbocycles. The highest BCUT2D eigenvalue weighted by molar-refractivity contribution is 5.50. The molecule has 2 aromatic rings. The zero-order valence-electron chi connectivity index (χ0n) is 13.1. The van der Waals surface area contributed by atoms with Crippen molar-refractivity contribution in [2.45, 2.75) is 46.7 Å². The van der Waals surface area contributed by atoms with Crippen molar-refractivity contribution in [3.8, 4) is 11.5 Å². The van der Waals surface area contributed by atoms with Crippen LogP contribution < -0.4 is 16.0 Å². The lowest BCUT2D eigenvalue weighted by Gasteiger charge is -2.10. The Morgan fingerprint density at radius 2 is 1.62 bits per heavy atom. The minimum Gasteiger partial charge on any atom is -0.353 e. The van der Waals surface area contributed by atoms with Gasteiger partial charge in [0, 0.05) is 0 Å². The highest BCUT2D eigenvalue weighted by Gasteiger charge is 2.27. The third-order valence-corrected chi connectivity index (χ3v) is 3.34. The second kappa shape index (κ2) is 5.68. The summed E-state index contributed by atoms with van der Waals surface area (Å²) < 4.78 is 8.10. The average molecular weight is 289 g/mol. The van der Waals surface area contributed by atoms with Gasteiger partial charge in [0.05, 0.1) is 5.56 Å². The van der Waals surface area contributed by atoms with E-state index in [0.29, 0.717) is 5.89 Å². The van der Waals surface area contributed by atoms with Crippen LogP contribution in [0.4, 0.5) is 0 Å². The molecule has 0 unspecified atom stereocenters. The first-order chi connectivity index (χ1) is 9.82. The molecule has 1 aromatic carbocycles. The number of hydrogen-bond acceptors (Lipinski definition) is 3. The monoisotopic (exact) mass is 289 g/mol. The molecule has 5 nitrogen and oxygen atoms in total. The largest absolute Gasteiger partial charge is 0.518 e. The molecule has 0 aliphatic heterocycles. The maximum absolute atomic E-state index is 12.6. The molecule has 5 heteroatoms. The quantitative estimate of drug-likeness (QED) is 0.814. The fourth-order valence-electron chi connectivity index (χ4n) is 2.24. The van der Waals surface area contributed by atoms with Crippen molar-refractivity contribution in [2.24, 2.45) is 0 Å². The Balaban J connectivity index is 2.81. The lowest BCUT2D eigenvalue weighted by atomic mass is 10.1. The predicted octanol–water partition coefficient (Wildman–Crippen LogP) is 2.23. The molecule has 0 fully saturated rings. The molecule has 2 rings (SSSR count). The van der Waals surface area contributed by atoms with E-state index in [2.05, 4.69) is 0 Å². The Hall–Kier alpha value is -2.17. The van der Waals surface area contributed by atoms with Gasteiger partial charge in [0.1, 0.15) is 12.1 Å². The molecule has 112 valence electrons. The third kappa shape index (κ3) is 2.82. The van der Waals surface area contributed by atoms with E-state index >= 15 is 0 Å². The van der Waals surface area contributed by atoms with E-state index in [4.69, 9.17) is 4.42 Å². The van der Waals surface area contributed by atoms with Crippen LogP contribution in [-0.2, 0) is 0 Å². The Kier molecular flexibility index (Phi) is 4.11. The summed E-state index contributed by atoms with van der Waals surface area (Å²) in [5.41, 5.74) is 1.49. The van der Waals surface area contributed by atoms with Crippen LogP contribution in [-0.4, -0.2) is 4.57 Å². The summed E-state index contributed by atoms with van der Waals surface area (Å²) in [6, 6.07) is 7.20. The van der Waals surface area contributed by atoms with Crippen LogP contribution >= 0.6 is 0 Å². The van der Waals surface area contributed by atoms with Crippen LogP contribution in [0.1, 0.15) is 45.3 Å². The SMILES string of the molecule is Cc1ccc(-c2oc(=O)n(C(C)C)c(=O)[n+]2C(C)C)cc1. The van der Waals surface area contributed by atoms with E-state index in [1.54, 1.807) is 13.8 Å². The predicted molar refractivity (Wildman–Crippen MR) is 80.4 cm³/mol. The number of rotatable bonds is 3. The summed E-state index contributed by atoms with van der Waals surface area (Å²) >= 11 is 0. The van der Waals surface area contributed by atoms with Crippen LogP contribution in [0.3, 0.4) is 0 Å². The highest BCUT2D eigenvalue weighted by atomic mass is 16.4. The van der Waals surface area contributed by atoms with Gasteiger partial charge in [-0.1, -0.05) is 17.7 Å². The van der Waals surface area contributed by atoms with Crippen LogP contribution in [0.5, 0.6) is 0 Å². The minimum absolute atomic E-state index is 0.108. The van der Waals surface area contributed by atoms with E-state index in [9.17, 15) is 9.59 Å². The number of benzene rings is 1. The molecule has 0 aliphatic rings. The first kappa shape index (κ1) is 15.2. The van der Waals surface area contributed by atoms with E-state index in [1.807, 2.05) is 45.0 Å². The van der Waals surface area contributed by atoms with Crippen molar-refractivity contribution in [3.63, 3.8) is 0 Å². The van der Waals surface area contributed by atoms with Crippen molar-refractivity contribution in [2.75, 3.05) is 0 Å². The number of aromatic nitrogens is 2. The molecule has 0 amide bonds. The van der Waals surface area contributed by atoms with Gasteiger partial charge in [-0.25, -0.2) is 0 Å². The minimum atomic E-state index is -0.623.